The van der Waals surface area contributed by atoms with Gasteiger partial charge in [0.1, 0.15) is 0 Å². The Kier molecular flexibility index (Phi) is 5.15. The first-order valence-electron chi connectivity index (χ1n) is 6.89. The Morgan fingerprint density at radius 2 is 2.32 bits per heavy atom. The average Bonchev–Trinajstić information content (AvgIpc) is 2.80. The van der Waals surface area contributed by atoms with Crippen molar-refractivity contribution in [3.05, 3.63) is 11.1 Å². The Labute approximate surface area is 117 Å². The number of hydrogen-bond donors (Lipinski definition) is 3. The highest BCUT2D eigenvalue weighted by Gasteiger charge is 2.24. The van der Waals surface area contributed by atoms with Gasteiger partial charge >= 0.3 is 6.03 Å². The summed E-state index contributed by atoms with van der Waals surface area (Å²) in [4.78, 5) is 16.2. The molecule has 0 bridgehead atoms. The maximum absolute atomic E-state index is 11.8. The van der Waals surface area contributed by atoms with Crippen molar-refractivity contribution in [1.29, 1.82) is 0 Å². The molecule has 1 aliphatic rings. The molecule has 0 aromatic carbocycles. The highest BCUT2D eigenvalue weighted by atomic mass is 32.1. The molecule has 2 unspecified atom stereocenters. The van der Waals surface area contributed by atoms with E-state index in [1.54, 1.807) is 0 Å². The van der Waals surface area contributed by atoms with E-state index in [2.05, 4.69) is 22.5 Å². The second-order valence-electron chi connectivity index (χ2n) is 4.95. The van der Waals surface area contributed by atoms with Crippen molar-refractivity contribution in [1.82, 2.24) is 10.3 Å². The molecule has 19 heavy (non-hydrogen) atoms. The maximum atomic E-state index is 11.8. The number of aryl methyl sites for hydroxylation is 1. The molecule has 0 radical (unpaired) electrons. The summed E-state index contributed by atoms with van der Waals surface area (Å²) in [6.07, 6.45) is 5.25. The van der Waals surface area contributed by atoms with Gasteiger partial charge in [-0.3, -0.25) is 5.32 Å². The molecule has 0 saturated heterocycles. The molecule has 1 aliphatic carbocycles. The van der Waals surface area contributed by atoms with Crippen LogP contribution in [0, 0.1) is 0 Å². The Morgan fingerprint density at radius 1 is 1.53 bits per heavy atom. The zero-order valence-electron chi connectivity index (χ0n) is 11.2. The number of aliphatic hydroxyl groups is 1. The zero-order valence-corrected chi connectivity index (χ0v) is 12.0. The first-order chi connectivity index (χ1) is 9.19. The third kappa shape index (κ3) is 4.18. The predicted octanol–water partition coefficient (Wildman–Crippen LogP) is 2.52. The summed E-state index contributed by atoms with van der Waals surface area (Å²) in [7, 11) is 0. The summed E-state index contributed by atoms with van der Waals surface area (Å²) in [6.45, 7) is 2.10. The van der Waals surface area contributed by atoms with E-state index in [9.17, 15) is 9.90 Å². The number of aliphatic hydroxyl groups excluding tert-OH is 1. The molecular formula is C13H21N3O2S. The van der Waals surface area contributed by atoms with Crippen LogP contribution >= 0.6 is 11.3 Å². The molecule has 1 aromatic heterocycles. The molecule has 1 saturated carbocycles. The van der Waals surface area contributed by atoms with E-state index in [4.69, 9.17) is 0 Å². The molecule has 2 rings (SSSR count). The highest BCUT2D eigenvalue weighted by Crippen LogP contribution is 2.19. The number of anilines is 1. The molecule has 6 heteroatoms. The van der Waals surface area contributed by atoms with E-state index in [0.29, 0.717) is 5.13 Å². The van der Waals surface area contributed by atoms with Crippen LogP contribution in [0.5, 0.6) is 0 Å². The number of carbonyl (C=O) groups is 1. The number of rotatable bonds is 4. The number of urea groups is 1. The molecule has 0 aliphatic heterocycles. The Bertz CT molecular complexity index is 422. The van der Waals surface area contributed by atoms with Crippen LogP contribution in [0.2, 0.25) is 0 Å². The van der Waals surface area contributed by atoms with Crippen molar-refractivity contribution in [2.75, 3.05) is 5.32 Å². The van der Waals surface area contributed by atoms with Crippen molar-refractivity contribution in [2.45, 2.75) is 57.6 Å². The molecule has 5 nitrogen and oxygen atoms in total. The van der Waals surface area contributed by atoms with E-state index in [-0.39, 0.29) is 12.1 Å². The zero-order chi connectivity index (χ0) is 13.7. The highest BCUT2D eigenvalue weighted by molar-refractivity contribution is 7.13. The van der Waals surface area contributed by atoms with Gasteiger partial charge in [0.15, 0.2) is 5.13 Å². The third-order valence-electron chi connectivity index (χ3n) is 3.32. The first-order valence-corrected chi connectivity index (χ1v) is 7.77. The standard InChI is InChI=1S/C13H21N3O2S/c1-2-5-9-8-19-13(14-9)16-12(18)15-10-6-3-4-7-11(10)17/h8,10-11,17H,2-7H2,1H3,(H2,14,15,16,18). The Hall–Kier alpha value is -1.14. The van der Waals surface area contributed by atoms with E-state index in [0.717, 1.165) is 44.2 Å². The molecular weight excluding hydrogens is 262 g/mol. The van der Waals surface area contributed by atoms with Gasteiger partial charge in [-0.2, -0.15) is 0 Å². The van der Waals surface area contributed by atoms with Gasteiger partial charge in [-0.05, 0) is 19.3 Å². The van der Waals surface area contributed by atoms with Crippen LogP contribution < -0.4 is 10.6 Å². The molecule has 1 heterocycles. The van der Waals surface area contributed by atoms with Crippen LogP contribution in [0.15, 0.2) is 5.38 Å². The van der Waals surface area contributed by atoms with Crippen LogP contribution in [0.1, 0.15) is 44.7 Å². The third-order valence-corrected chi connectivity index (χ3v) is 4.13. The summed E-state index contributed by atoms with van der Waals surface area (Å²) in [5.41, 5.74) is 1.01. The monoisotopic (exact) mass is 283 g/mol. The van der Waals surface area contributed by atoms with Crippen LogP contribution in [-0.4, -0.2) is 28.3 Å². The number of thiazole rings is 1. The number of amides is 2. The topological polar surface area (TPSA) is 74.2 Å². The van der Waals surface area contributed by atoms with Crippen molar-refractivity contribution < 1.29 is 9.90 Å². The summed E-state index contributed by atoms with van der Waals surface area (Å²) in [5.74, 6) is 0. The van der Waals surface area contributed by atoms with Gasteiger partial charge in [0.05, 0.1) is 17.8 Å². The van der Waals surface area contributed by atoms with E-state index >= 15 is 0 Å². The normalized spacial score (nSPS) is 23.1. The molecule has 106 valence electrons. The number of carbonyl (C=O) groups excluding carboxylic acids is 1. The number of nitrogens with zero attached hydrogens (tertiary/aromatic N) is 1. The second kappa shape index (κ2) is 6.86. The number of nitrogens with one attached hydrogen (secondary N) is 2. The molecule has 3 N–H and O–H groups in total. The Morgan fingerprint density at radius 3 is 3.05 bits per heavy atom. The average molecular weight is 283 g/mol. The fraction of sp³-hybridized carbons (Fsp3) is 0.692. The molecule has 2 atom stereocenters. The van der Waals surface area contributed by atoms with Gasteiger partial charge in [-0.15, -0.1) is 11.3 Å². The van der Waals surface area contributed by atoms with Gasteiger partial charge in [-0.1, -0.05) is 26.2 Å². The van der Waals surface area contributed by atoms with E-state index in [1.165, 1.54) is 11.3 Å². The first kappa shape index (κ1) is 14.3. The number of hydrogen-bond acceptors (Lipinski definition) is 4. The smallest absolute Gasteiger partial charge is 0.321 e. The summed E-state index contributed by atoms with van der Waals surface area (Å²) in [5, 5.41) is 17.9. The SMILES string of the molecule is CCCc1csc(NC(=O)NC2CCCCC2O)n1. The van der Waals surface area contributed by atoms with Crippen molar-refractivity contribution in [3.63, 3.8) is 0 Å². The van der Waals surface area contributed by atoms with Crippen LogP contribution in [0.4, 0.5) is 9.93 Å². The lowest BCUT2D eigenvalue weighted by Gasteiger charge is -2.28. The van der Waals surface area contributed by atoms with Crippen LogP contribution in [-0.2, 0) is 6.42 Å². The fourth-order valence-electron chi connectivity index (χ4n) is 2.32. The fourth-order valence-corrected chi connectivity index (χ4v) is 3.06. The van der Waals surface area contributed by atoms with Gasteiger partial charge in [0.25, 0.3) is 0 Å². The summed E-state index contributed by atoms with van der Waals surface area (Å²) < 4.78 is 0. The lowest BCUT2D eigenvalue weighted by atomic mass is 9.93. The summed E-state index contributed by atoms with van der Waals surface area (Å²) >= 11 is 1.44. The predicted molar refractivity (Wildman–Crippen MR) is 76.5 cm³/mol. The molecule has 1 aromatic rings. The molecule has 2 amide bonds. The van der Waals surface area contributed by atoms with Gasteiger partial charge in [0.2, 0.25) is 0 Å². The lowest BCUT2D eigenvalue weighted by molar-refractivity contribution is 0.0955. The minimum Gasteiger partial charge on any atom is -0.391 e. The second-order valence-corrected chi connectivity index (χ2v) is 5.81. The van der Waals surface area contributed by atoms with Crippen molar-refractivity contribution >= 4 is 22.5 Å². The van der Waals surface area contributed by atoms with Crippen LogP contribution in [0.25, 0.3) is 0 Å². The summed E-state index contributed by atoms with van der Waals surface area (Å²) in [6, 6.07) is -0.410. The number of aromatic nitrogens is 1. The largest absolute Gasteiger partial charge is 0.391 e. The van der Waals surface area contributed by atoms with Crippen LogP contribution in [0.3, 0.4) is 0 Å². The van der Waals surface area contributed by atoms with Crippen molar-refractivity contribution in [2.24, 2.45) is 0 Å². The quantitative estimate of drug-likeness (QED) is 0.795. The van der Waals surface area contributed by atoms with Gasteiger partial charge in [0, 0.05) is 5.38 Å². The maximum Gasteiger partial charge on any atom is 0.321 e. The lowest BCUT2D eigenvalue weighted by Crippen LogP contribution is -2.46. The minimum atomic E-state index is -0.425. The van der Waals surface area contributed by atoms with Gasteiger partial charge < -0.3 is 10.4 Å². The van der Waals surface area contributed by atoms with E-state index in [1.807, 2.05) is 5.38 Å². The van der Waals surface area contributed by atoms with E-state index < -0.39 is 6.10 Å². The minimum absolute atomic E-state index is 0.135. The Balaban J connectivity index is 1.82. The van der Waals surface area contributed by atoms with Crippen molar-refractivity contribution in [3.8, 4) is 0 Å². The molecule has 1 fully saturated rings. The molecule has 0 spiro atoms. The van der Waals surface area contributed by atoms with Gasteiger partial charge in [-0.25, -0.2) is 9.78 Å².